The summed E-state index contributed by atoms with van der Waals surface area (Å²) in [5.74, 6) is 0.298. The molecule has 0 atom stereocenters. The van der Waals surface area contributed by atoms with Crippen molar-refractivity contribution in [2.24, 2.45) is 0 Å². The Morgan fingerprint density at radius 1 is 1.03 bits per heavy atom. The molecule has 1 N–H and O–H groups in total. The number of nitrogens with zero attached hydrogens (tertiary/aromatic N) is 5. The molecule has 9 nitrogen and oxygen atoms in total. The van der Waals surface area contributed by atoms with Gasteiger partial charge < -0.3 is 14.6 Å². The summed E-state index contributed by atoms with van der Waals surface area (Å²) in [5, 5.41) is 11.0. The Morgan fingerprint density at radius 2 is 1.72 bits per heavy atom. The molecule has 1 saturated heterocycles. The smallest absolute Gasteiger partial charge is 0.318 e. The zero-order valence-electron chi connectivity index (χ0n) is 16.2. The highest BCUT2D eigenvalue weighted by molar-refractivity contribution is 7.92. The highest BCUT2D eigenvalue weighted by Gasteiger charge is 2.20. The van der Waals surface area contributed by atoms with E-state index in [-0.39, 0.29) is 4.90 Å². The quantitative estimate of drug-likeness (QED) is 0.667. The molecule has 2 aromatic heterocycles. The molecular weight excluding hydrogens is 392 g/mol. The number of anilines is 1. The number of nitrogens with one attached hydrogen (secondary N) is 1. The summed E-state index contributed by atoms with van der Waals surface area (Å²) in [6.07, 6.45) is 3.18. The Bertz CT molecular complexity index is 1090. The van der Waals surface area contributed by atoms with Gasteiger partial charge in [-0.05, 0) is 26.0 Å². The van der Waals surface area contributed by atoms with Gasteiger partial charge in [-0.25, -0.2) is 13.4 Å². The first kappa shape index (κ1) is 19.5. The van der Waals surface area contributed by atoms with Crippen molar-refractivity contribution in [3.63, 3.8) is 0 Å². The van der Waals surface area contributed by atoms with Crippen LogP contribution in [0.3, 0.4) is 0 Å². The van der Waals surface area contributed by atoms with E-state index in [0.717, 1.165) is 31.7 Å². The molecule has 3 aromatic rings. The molecule has 0 spiro atoms. The molecule has 29 heavy (non-hydrogen) atoms. The topological polar surface area (TPSA) is 114 Å². The number of piperazine rings is 1. The first-order valence-electron chi connectivity index (χ1n) is 9.41. The lowest BCUT2D eigenvalue weighted by molar-refractivity contribution is 0.504. The average Bonchev–Trinajstić information content (AvgIpc) is 3.25. The van der Waals surface area contributed by atoms with Crippen LogP contribution in [-0.2, 0) is 9.84 Å². The zero-order chi connectivity index (χ0) is 20.4. The summed E-state index contributed by atoms with van der Waals surface area (Å²) in [6.45, 7) is 6.68. The molecule has 1 fully saturated rings. The largest absolute Gasteiger partial charge is 0.401 e. The zero-order valence-corrected chi connectivity index (χ0v) is 17.1. The fraction of sp³-hybridized carbons (Fsp3) is 0.368. The SMILES string of the molecule is CC(C)S(=O)(=O)c1ccc(-c2cncc(-c3nnc(N4CCNCC4)o3)n2)cc1. The minimum absolute atomic E-state index is 0.290. The van der Waals surface area contributed by atoms with Gasteiger partial charge in [0.15, 0.2) is 9.84 Å². The van der Waals surface area contributed by atoms with Crippen molar-refractivity contribution in [2.75, 3.05) is 31.1 Å². The Balaban J connectivity index is 1.59. The third kappa shape index (κ3) is 3.99. The highest BCUT2D eigenvalue weighted by atomic mass is 32.2. The maximum atomic E-state index is 12.3. The molecule has 0 bridgehead atoms. The number of rotatable bonds is 5. The van der Waals surface area contributed by atoms with Crippen LogP contribution in [0.4, 0.5) is 6.01 Å². The van der Waals surface area contributed by atoms with E-state index in [1.807, 2.05) is 4.90 Å². The minimum atomic E-state index is -3.31. The van der Waals surface area contributed by atoms with Gasteiger partial charge in [0.2, 0.25) is 0 Å². The molecule has 0 aliphatic carbocycles. The molecule has 10 heteroatoms. The lowest BCUT2D eigenvalue weighted by atomic mass is 10.1. The van der Waals surface area contributed by atoms with Gasteiger partial charge in [0.05, 0.1) is 28.2 Å². The third-order valence-electron chi connectivity index (χ3n) is 4.75. The third-order valence-corrected chi connectivity index (χ3v) is 6.93. The summed E-state index contributed by atoms with van der Waals surface area (Å²) >= 11 is 0. The van der Waals surface area contributed by atoms with Gasteiger partial charge in [-0.3, -0.25) is 4.98 Å². The number of hydrogen-bond donors (Lipinski definition) is 1. The van der Waals surface area contributed by atoms with Crippen molar-refractivity contribution < 1.29 is 12.8 Å². The van der Waals surface area contributed by atoms with Gasteiger partial charge >= 0.3 is 6.01 Å². The van der Waals surface area contributed by atoms with E-state index in [1.165, 1.54) is 0 Å². The Morgan fingerprint density at radius 3 is 2.41 bits per heavy atom. The first-order valence-corrected chi connectivity index (χ1v) is 11.0. The number of hydrogen-bond acceptors (Lipinski definition) is 9. The molecule has 0 amide bonds. The molecule has 3 heterocycles. The Labute approximate surface area is 169 Å². The summed E-state index contributed by atoms with van der Waals surface area (Å²) in [5.41, 5.74) is 1.82. The monoisotopic (exact) mass is 414 g/mol. The van der Waals surface area contributed by atoms with Gasteiger partial charge in [0.25, 0.3) is 5.89 Å². The second-order valence-corrected chi connectivity index (χ2v) is 9.54. The molecule has 152 valence electrons. The van der Waals surface area contributed by atoms with Gasteiger partial charge in [-0.2, -0.15) is 0 Å². The first-order chi connectivity index (χ1) is 13.9. The molecule has 0 unspecified atom stereocenters. The molecule has 0 saturated carbocycles. The second kappa shape index (κ2) is 7.88. The van der Waals surface area contributed by atoms with Gasteiger partial charge in [-0.1, -0.05) is 17.2 Å². The molecular formula is C19H22N6O3S. The van der Waals surface area contributed by atoms with Crippen molar-refractivity contribution >= 4 is 15.9 Å². The van der Waals surface area contributed by atoms with Crippen LogP contribution >= 0.6 is 0 Å². The fourth-order valence-corrected chi connectivity index (χ4v) is 4.06. The van der Waals surface area contributed by atoms with E-state index in [4.69, 9.17) is 4.42 Å². The maximum Gasteiger partial charge on any atom is 0.318 e. The molecule has 4 rings (SSSR count). The lowest BCUT2D eigenvalue weighted by Gasteiger charge is -2.24. The van der Waals surface area contributed by atoms with Crippen molar-refractivity contribution in [1.82, 2.24) is 25.5 Å². The summed E-state index contributed by atoms with van der Waals surface area (Å²) in [6, 6.07) is 7.10. The standard InChI is InChI=1S/C19H22N6O3S/c1-13(2)29(26,27)15-5-3-14(4-6-15)16-11-21-12-17(22-16)18-23-24-19(28-18)25-9-7-20-8-10-25/h3-6,11-13,20H,7-10H2,1-2H3. The van der Waals surface area contributed by atoms with Crippen LogP contribution in [0.2, 0.25) is 0 Å². The van der Waals surface area contributed by atoms with Crippen LogP contribution in [0.15, 0.2) is 46.0 Å². The van der Waals surface area contributed by atoms with Gasteiger partial charge in [0.1, 0.15) is 5.69 Å². The molecule has 1 aromatic carbocycles. The Kier molecular flexibility index (Phi) is 5.29. The van der Waals surface area contributed by atoms with Crippen molar-refractivity contribution in [3.8, 4) is 22.8 Å². The van der Waals surface area contributed by atoms with E-state index in [0.29, 0.717) is 23.3 Å². The molecule has 0 radical (unpaired) electrons. The predicted octanol–water partition coefficient (Wildman–Crippen LogP) is 1.79. The fourth-order valence-electron chi connectivity index (χ4n) is 3.00. The van der Waals surface area contributed by atoms with Crippen LogP contribution in [0, 0.1) is 0 Å². The average molecular weight is 414 g/mol. The Hall–Kier alpha value is -2.85. The van der Waals surface area contributed by atoms with Crippen LogP contribution in [0.1, 0.15) is 13.8 Å². The molecule has 1 aliphatic heterocycles. The number of benzene rings is 1. The van der Waals surface area contributed by atoms with Crippen molar-refractivity contribution in [2.45, 2.75) is 24.0 Å². The summed E-state index contributed by atoms with van der Waals surface area (Å²) < 4.78 is 30.4. The number of aromatic nitrogens is 4. The van der Waals surface area contributed by atoms with Crippen LogP contribution in [-0.4, -0.2) is 60.0 Å². The number of sulfone groups is 1. The normalized spacial score (nSPS) is 15.1. The van der Waals surface area contributed by atoms with E-state index in [2.05, 4.69) is 25.5 Å². The van der Waals surface area contributed by atoms with Gasteiger partial charge in [-0.15, -0.1) is 5.10 Å². The minimum Gasteiger partial charge on any atom is -0.401 e. The second-order valence-electron chi connectivity index (χ2n) is 7.03. The maximum absolute atomic E-state index is 12.3. The van der Waals surface area contributed by atoms with E-state index < -0.39 is 15.1 Å². The predicted molar refractivity (Wildman–Crippen MR) is 108 cm³/mol. The molecule has 1 aliphatic rings. The highest BCUT2D eigenvalue weighted by Crippen LogP contribution is 2.25. The van der Waals surface area contributed by atoms with Crippen molar-refractivity contribution in [3.05, 3.63) is 36.7 Å². The van der Waals surface area contributed by atoms with Crippen LogP contribution in [0.25, 0.3) is 22.8 Å². The van der Waals surface area contributed by atoms with E-state index in [1.54, 1.807) is 50.5 Å². The van der Waals surface area contributed by atoms with E-state index >= 15 is 0 Å². The van der Waals surface area contributed by atoms with Crippen molar-refractivity contribution in [1.29, 1.82) is 0 Å². The lowest BCUT2D eigenvalue weighted by Crippen LogP contribution is -2.43. The van der Waals surface area contributed by atoms with E-state index in [9.17, 15) is 8.42 Å². The van der Waals surface area contributed by atoms with Gasteiger partial charge in [0, 0.05) is 31.7 Å². The summed E-state index contributed by atoms with van der Waals surface area (Å²) in [7, 11) is -3.31. The van der Waals surface area contributed by atoms with Crippen LogP contribution in [0.5, 0.6) is 0 Å². The summed E-state index contributed by atoms with van der Waals surface area (Å²) in [4.78, 5) is 11.1. The van der Waals surface area contributed by atoms with Crippen LogP contribution < -0.4 is 10.2 Å².